The monoisotopic (exact) mass is 445 g/mol. The Balaban J connectivity index is 1.74. The van der Waals surface area contributed by atoms with Crippen molar-refractivity contribution in [2.45, 2.75) is 38.4 Å². The van der Waals surface area contributed by atoms with Gasteiger partial charge < -0.3 is 10.0 Å². The molecule has 3 aliphatic rings. The topological polar surface area (TPSA) is 65.8 Å². The molecule has 3 atom stereocenters. The third-order valence-corrected chi connectivity index (χ3v) is 7.72. The van der Waals surface area contributed by atoms with Gasteiger partial charge in [-0.25, -0.2) is 4.39 Å². The van der Waals surface area contributed by atoms with Crippen molar-refractivity contribution in [3.05, 3.63) is 98.7 Å². The van der Waals surface area contributed by atoms with Crippen molar-refractivity contribution < 1.29 is 14.3 Å². The predicted molar refractivity (Wildman–Crippen MR) is 121 cm³/mol. The smallest absolute Gasteiger partial charge is 0.278 e. The molecule has 7 heteroatoms. The Labute approximate surface area is 190 Å². The van der Waals surface area contributed by atoms with Crippen LogP contribution in [0.1, 0.15) is 46.6 Å². The molecule has 0 bridgehead atoms. The van der Waals surface area contributed by atoms with Gasteiger partial charge in [0.15, 0.2) is 11.4 Å². The molecule has 0 radical (unpaired) electrons. The largest absolute Gasteiger partial charge is 0.502 e. The van der Waals surface area contributed by atoms with Gasteiger partial charge >= 0.3 is 0 Å². The summed E-state index contributed by atoms with van der Waals surface area (Å²) in [6.45, 7) is 4.22. The van der Waals surface area contributed by atoms with Crippen LogP contribution in [0.25, 0.3) is 0 Å². The van der Waals surface area contributed by atoms with Gasteiger partial charge in [0, 0.05) is 24.7 Å². The van der Waals surface area contributed by atoms with Gasteiger partial charge in [0.25, 0.3) is 5.91 Å². The molecule has 2 heterocycles. The number of benzene rings is 2. The molecule has 2 aromatic carbocycles. The van der Waals surface area contributed by atoms with Crippen LogP contribution in [0.2, 0.25) is 0 Å². The zero-order valence-corrected chi connectivity index (χ0v) is 18.5. The summed E-state index contributed by atoms with van der Waals surface area (Å²) in [5.41, 5.74) is 2.42. The number of aromatic hydroxyl groups is 1. The number of nitrogens with zero attached hydrogens (tertiary/aromatic N) is 3. The van der Waals surface area contributed by atoms with Gasteiger partial charge in [-0.15, -0.1) is 0 Å². The quantitative estimate of drug-likeness (QED) is 0.658. The van der Waals surface area contributed by atoms with Crippen LogP contribution in [0.15, 0.2) is 59.5 Å². The molecule has 3 aromatic rings. The van der Waals surface area contributed by atoms with Crippen LogP contribution in [-0.4, -0.2) is 33.3 Å². The second-order valence-corrected chi connectivity index (χ2v) is 9.08. The molecule has 3 unspecified atom stereocenters. The van der Waals surface area contributed by atoms with Gasteiger partial charge in [0.05, 0.1) is 0 Å². The Morgan fingerprint density at radius 1 is 1.06 bits per heavy atom. The van der Waals surface area contributed by atoms with Gasteiger partial charge in [-0.1, -0.05) is 36.4 Å². The van der Waals surface area contributed by atoms with Crippen molar-refractivity contribution in [3.8, 4) is 5.75 Å². The lowest BCUT2D eigenvalue weighted by Gasteiger charge is -2.54. The van der Waals surface area contributed by atoms with Gasteiger partial charge in [0.1, 0.15) is 17.5 Å². The first-order valence-electron chi connectivity index (χ1n) is 11.3. The summed E-state index contributed by atoms with van der Waals surface area (Å²) >= 11 is 0. The summed E-state index contributed by atoms with van der Waals surface area (Å²) in [7, 11) is 0. The minimum atomic E-state index is -0.752. The molecule has 0 fully saturated rings. The zero-order valence-electron chi connectivity index (χ0n) is 18.5. The van der Waals surface area contributed by atoms with Crippen LogP contribution >= 0.6 is 0 Å². The fourth-order valence-electron chi connectivity index (χ4n) is 6.48. The van der Waals surface area contributed by atoms with E-state index in [1.54, 1.807) is 21.8 Å². The standard InChI is InChI=1S/C26H24FN3O3/c1-3-28-15(2)30(29-12-11-22(31)24(32)23(29)25(28)33)26-17(13-16-7-4-5-8-19(16)26)14-18-20(26)9-6-10-21(18)27/h4-12,15,17,32H,3,13-14H2,1-2H3. The summed E-state index contributed by atoms with van der Waals surface area (Å²) < 4.78 is 16.7. The Kier molecular flexibility index (Phi) is 4.07. The van der Waals surface area contributed by atoms with Crippen LogP contribution in [0.4, 0.5) is 4.39 Å². The summed E-state index contributed by atoms with van der Waals surface area (Å²) in [6, 6.07) is 14.7. The van der Waals surface area contributed by atoms with E-state index in [0.717, 1.165) is 17.5 Å². The fourth-order valence-corrected chi connectivity index (χ4v) is 6.48. The van der Waals surface area contributed by atoms with E-state index in [1.165, 1.54) is 17.7 Å². The number of pyridine rings is 1. The van der Waals surface area contributed by atoms with Crippen LogP contribution < -0.4 is 10.4 Å². The zero-order chi connectivity index (χ0) is 23.1. The summed E-state index contributed by atoms with van der Waals surface area (Å²) in [4.78, 5) is 27.3. The van der Waals surface area contributed by atoms with Crippen LogP contribution in [0.5, 0.6) is 5.75 Å². The van der Waals surface area contributed by atoms with Gasteiger partial charge in [0.2, 0.25) is 5.43 Å². The second-order valence-electron chi connectivity index (χ2n) is 9.08. The van der Waals surface area contributed by atoms with Crippen molar-refractivity contribution >= 4 is 5.91 Å². The predicted octanol–water partition coefficient (Wildman–Crippen LogP) is 3.12. The maximum absolute atomic E-state index is 15.1. The number of amides is 1. The average molecular weight is 445 g/mol. The van der Waals surface area contributed by atoms with E-state index in [2.05, 4.69) is 17.1 Å². The number of carbonyl (C=O) groups is 1. The molecule has 0 saturated carbocycles. The third kappa shape index (κ3) is 2.32. The molecular weight excluding hydrogens is 421 g/mol. The second kappa shape index (κ2) is 6.70. The normalized spacial score (nSPS) is 25.0. The lowest BCUT2D eigenvalue weighted by atomic mass is 9.81. The van der Waals surface area contributed by atoms with Crippen LogP contribution in [-0.2, 0) is 18.4 Å². The maximum Gasteiger partial charge on any atom is 0.278 e. The van der Waals surface area contributed by atoms with E-state index in [1.807, 2.05) is 32.0 Å². The van der Waals surface area contributed by atoms with Crippen molar-refractivity contribution in [1.29, 1.82) is 0 Å². The highest BCUT2D eigenvalue weighted by Gasteiger charge is 2.60. The lowest BCUT2D eigenvalue weighted by Crippen LogP contribution is -2.67. The Morgan fingerprint density at radius 3 is 2.61 bits per heavy atom. The van der Waals surface area contributed by atoms with Crippen LogP contribution in [0, 0.1) is 11.7 Å². The fraction of sp³-hybridized carbons (Fsp3) is 0.308. The van der Waals surface area contributed by atoms with E-state index in [0.29, 0.717) is 18.5 Å². The number of aromatic nitrogens is 1. The van der Waals surface area contributed by atoms with Gasteiger partial charge in [-0.05, 0) is 55.0 Å². The summed E-state index contributed by atoms with van der Waals surface area (Å²) in [5.74, 6) is -1.15. The van der Waals surface area contributed by atoms with E-state index >= 15 is 4.39 Å². The number of hydrogen-bond acceptors (Lipinski definition) is 4. The minimum Gasteiger partial charge on any atom is -0.502 e. The molecule has 0 spiro atoms. The van der Waals surface area contributed by atoms with Crippen molar-refractivity contribution in [2.24, 2.45) is 5.92 Å². The highest BCUT2D eigenvalue weighted by molar-refractivity contribution is 5.96. The molecule has 0 saturated heterocycles. The van der Waals surface area contributed by atoms with E-state index in [9.17, 15) is 14.7 Å². The molecule has 6 nitrogen and oxygen atoms in total. The molecule has 1 aromatic heterocycles. The van der Waals surface area contributed by atoms with Crippen molar-refractivity contribution in [2.75, 3.05) is 11.6 Å². The van der Waals surface area contributed by atoms with E-state index in [4.69, 9.17) is 0 Å². The Hall–Kier alpha value is -3.61. The van der Waals surface area contributed by atoms with E-state index in [-0.39, 0.29) is 17.4 Å². The average Bonchev–Trinajstić information content (AvgIpc) is 3.29. The number of rotatable bonds is 2. The molecule has 6 rings (SSSR count). The van der Waals surface area contributed by atoms with Gasteiger partial charge in [-0.3, -0.25) is 19.3 Å². The first-order chi connectivity index (χ1) is 15.9. The number of halogens is 1. The third-order valence-electron chi connectivity index (χ3n) is 7.72. The highest BCUT2D eigenvalue weighted by atomic mass is 19.1. The molecule has 168 valence electrons. The number of fused-ring (bicyclic) bond motifs is 6. The molecule has 1 amide bonds. The van der Waals surface area contributed by atoms with E-state index < -0.39 is 28.8 Å². The maximum atomic E-state index is 15.1. The van der Waals surface area contributed by atoms with Crippen molar-refractivity contribution in [1.82, 2.24) is 9.58 Å². The number of carbonyl (C=O) groups excluding carboxylic acids is 1. The first-order valence-corrected chi connectivity index (χ1v) is 11.3. The minimum absolute atomic E-state index is 0.0329. The van der Waals surface area contributed by atoms with Gasteiger partial charge in [-0.2, -0.15) is 0 Å². The first kappa shape index (κ1) is 20.0. The number of hydrogen-bond donors (Lipinski definition) is 1. The molecule has 1 N–H and O–H groups in total. The molecule has 2 aliphatic carbocycles. The SMILES string of the molecule is CCN1C(=O)c2c(O)c(=O)ccn2N(C23c4ccccc4CC2Cc2c(F)cccc23)C1C. The molecule has 1 aliphatic heterocycles. The summed E-state index contributed by atoms with van der Waals surface area (Å²) in [5, 5.41) is 12.8. The Morgan fingerprint density at radius 2 is 1.82 bits per heavy atom. The summed E-state index contributed by atoms with van der Waals surface area (Å²) in [6.07, 6.45) is 2.50. The lowest BCUT2D eigenvalue weighted by molar-refractivity contribution is 0.0531. The highest BCUT2D eigenvalue weighted by Crippen LogP contribution is 2.57. The Bertz CT molecular complexity index is 1380. The molecular formula is C26H24FN3O3. The molecule has 33 heavy (non-hydrogen) atoms. The van der Waals surface area contributed by atoms with Crippen molar-refractivity contribution in [3.63, 3.8) is 0 Å². The van der Waals surface area contributed by atoms with Crippen LogP contribution in [0.3, 0.4) is 0 Å².